The van der Waals surface area contributed by atoms with Crippen molar-refractivity contribution in [3.8, 4) is 0 Å². The summed E-state index contributed by atoms with van der Waals surface area (Å²) in [7, 11) is 0. The number of carbonyl (C=O) groups excluding carboxylic acids is 2. The van der Waals surface area contributed by atoms with Gasteiger partial charge in [0.25, 0.3) is 0 Å². The Morgan fingerprint density at radius 1 is 0.867 bits per heavy atom. The summed E-state index contributed by atoms with van der Waals surface area (Å²) in [5, 5.41) is 0. The third-order valence-electron chi connectivity index (χ3n) is 6.10. The van der Waals surface area contributed by atoms with E-state index in [1.807, 2.05) is 58.3 Å². The third-order valence-corrected chi connectivity index (χ3v) is 6.10. The molecule has 2 aliphatic rings. The lowest BCUT2D eigenvalue weighted by molar-refractivity contribution is -0.131. The number of amides is 2. The van der Waals surface area contributed by atoms with Crippen molar-refractivity contribution < 1.29 is 9.59 Å². The molecule has 158 valence electrons. The second kappa shape index (κ2) is 9.30. The van der Waals surface area contributed by atoms with Gasteiger partial charge in [-0.05, 0) is 37.1 Å². The summed E-state index contributed by atoms with van der Waals surface area (Å²) < 4.78 is 0. The van der Waals surface area contributed by atoms with Crippen molar-refractivity contribution in [2.24, 2.45) is 0 Å². The number of benzene rings is 2. The van der Waals surface area contributed by atoms with Crippen molar-refractivity contribution in [2.75, 3.05) is 62.2 Å². The Hall–Kier alpha value is -2.86. The number of para-hydroxylation sites is 2. The summed E-state index contributed by atoms with van der Waals surface area (Å²) in [6.45, 7) is 7.27. The normalized spacial score (nSPS) is 16.4. The average molecular weight is 407 g/mol. The molecule has 2 heterocycles. The summed E-state index contributed by atoms with van der Waals surface area (Å²) in [5.74, 6) is 0.307. The van der Waals surface area contributed by atoms with Crippen LogP contribution >= 0.6 is 0 Å². The van der Waals surface area contributed by atoms with Crippen molar-refractivity contribution in [1.82, 2.24) is 9.80 Å². The molecule has 2 amide bonds. The third kappa shape index (κ3) is 4.49. The second-order valence-electron chi connectivity index (χ2n) is 7.93. The Bertz CT molecular complexity index is 878. The van der Waals surface area contributed by atoms with E-state index in [9.17, 15) is 9.59 Å². The predicted molar refractivity (Wildman–Crippen MR) is 120 cm³/mol. The number of rotatable bonds is 6. The van der Waals surface area contributed by atoms with E-state index >= 15 is 0 Å². The molecule has 6 nitrogen and oxygen atoms in total. The van der Waals surface area contributed by atoms with E-state index in [2.05, 4.69) is 22.8 Å². The van der Waals surface area contributed by atoms with Gasteiger partial charge in [0.05, 0.1) is 13.1 Å². The molecule has 0 radical (unpaired) electrons. The highest BCUT2D eigenvalue weighted by atomic mass is 16.2. The number of hydrogen-bond acceptors (Lipinski definition) is 4. The SMILES string of the molecule is CCN(CC(=O)N1CCN(CC(=O)N2CCc3ccccc32)CC1)c1ccccc1. The van der Waals surface area contributed by atoms with E-state index in [1.54, 1.807) is 0 Å². The fraction of sp³-hybridized carbons (Fsp3) is 0.417. The highest BCUT2D eigenvalue weighted by Crippen LogP contribution is 2.27. The minimum absolute atomic E-state index is 0.153. The van der Waals surface area contributed by atoms with Crippen LogP contribution in [0.3, 0.4) is 0 Å². The van der Waals surface area contributed by atoms with Crippen molar-refractivity contribution in [1.29, 1.82) is 0 Å². The number of nitrogens with zero attached hydrogens (tertiary/aromatic N) is 4. The molecule has 0 aliphatic carbocycles. The lowest BCUT2D eigenvalue weighted by atomic mass is 10.2. The first-order valence-corrected chi connectivity index (χ1v) is 10.8. The van der Waals surface area contributed by atoms with Gasteiger partial charge in [-0.2, -0.15) is 0 Å². The standard InChI is InChI=1S/C24H30N4O2/c1-2-26(21-9-4-3-5-10-21)19-23(29)27-16-14-25(15-17-27)18-24(30)28-13-12-20-8-6-7-11-22(20)28/h3-11H,2,12-19H2,1H3. The van der Waals surface area contributed by atoms with Crippen LogP contribution < -0.4 is 9.80 Å². The lowest BCUT2D eigenvalue weighted by Crippen LogP contribution is -2.53. The van der Waals surface area contributed by atoms with E-state index < -0.39 is 0 Å². The molecule has 0 spiro atoms. The highest BCUT2D eigenvalue weighted by molar-refractivity contribution is 5.96. The van der Waals surface area contributed by atoms with Gasteiger partial charge >= 0.3 is 0 Å². The van der Waals surface area contributed by atoms with Gasteiger partial charge in [0.15, 0.2) is 0 Å². The molecule has 0 N–H and O–H groups in total. The monoisotopic (exact) mass is 406 g/mol. The topological polar surface area (TPSA) is 47.1 Å². The Labute approximate surface area is 178 Å². The molecule has 0 saturated carbocycles. The summed E-state index contributed by atoms with van der Waals surface area (Å²) in [4.78, 5) is 33.7. The Balaban J connectivity index is 1.27. The predicted octanol–water partition coefficient (Wildman–Crippen LogP) is 2.25. The smallest absolute Gasteiger partial charge is 0.242 e. The lowest BCUT2D eigenvalue weighted by Gasteiger charge is -2.36. The van der Waals surface area contributed by atoms with E-state index in [0.717, 1.165) is 44.0 Å². The van der Waals surface area contributed by atoms with Crippen LogP contribution in [0.15, 0.2) is 54.6 Å². The maximum Gasteiger partial charge on any atom is 0.242 e. The first-order valence-electron chi connectivity index (χ1n) is 10.8. The van der Waals surface area contributed by atoms with Crippen LogP contribution in [-0.4, -0.2) is 74.0 Å². The molecule has 30 heavy (non-hydrogen) atoms. The molecule has 2 aromatic rings. The fourth-order valence-electron chi connectivity index (χ4n) is 4.32. The van der Waals surface area contributed by atoms with Gasteiger partial charge in [-0.15, -0.1) is 0 Å². The maximum absolute atomic E-state index is 12.8. The number of piperazine rings is 1. The number of carbonyl (C=O) groups is 2. The molecule has 2 aliphatic heterocycles. The van der Waals surface area contributed by atoms with Crippen LogP contribution in [0.4, 0.5) is 11.4 Å². The largest absolute Gasteiger partial charge is 0.362 e. The van der Waals surface area contributed by atoms with Crippen LogP contribution in [0.1, 0.15) is 12.5 Å². The number of likely N-dealkylation sites (N-methyl/N-ethyl adjacent to an activating group) is 1. The van der Waals surface area contributed by atoms with Gasteiger partial charge in [0, 0.05) is 50.6 Å². The molecule has 1 saturated heterocycles. The molecule has 0 unspecified atom stereocenters. The van der Waals surface area contributed by atoms with Gasteiger partial charge in [-0.25, -0.2) is 0 Å². The quantitative estimate of drug-likeness (QED) is 0.738. The van der Waals surface area contributed by atoms with E-state index in [4.69, 9.17) is 0 Å². The Morgan fingerprint density at radius 2 is 1.57 bits per heavy atom. The molecule has 6 heteroatoms. The highest BCUT2D eigenvalue weighted by Gasteiger charge is 2.28. The van der Waals surface area contributed by atoms with Gasteiger partial charge < -0.3 is 14.7 Å². The molecular formula is C24H30N4O2. The van der Waals surface area contributed by atoms with Gasteiger partial charge in [-0.1, -0.05) is 36.4 Å². The van der Waals surface area contributed by atoms with E-state index in [-0.39, 0.29) is 11.8 Å². The maximum atomic E-state index is 12.8. The van der Waals surface area contributed by atoms with Crippen molar-refractivity contribution in [3.05, 3.63) is 60.2 Å². The minimum Gasteiger partial charge on any atom is -0.362 e. The van der Waals surface area contributed by atoms with Gasteiger partial charge in [0.1, 0.15) is 0 Å². The van der Waals surface area contributed by atoms with Crippen LogP contribution in [0.25, 0.3) is 0 Å². The van der Waals surface area contributed by atoms with Gasteiger partial charge in [-0.3, -0.25) is 14.5 Å². The zero-order valence-electron chi connectivity index (χ0n) is 17.7. The van der Waals surface area contributed by atoms with E-state index in [0.29, 0.717) is 26.2 Å². The average Bonchev–Trinajstić information content (AvgIpc) is 3.23. The first kappa shape index (κ1) is 20.4. The summed E-state index contributed by atoms with van der Waals surface area (Å²) in [6.07, 6.45) is 0.930. The zero-order chi connectivity index (χ0) is 20.9. The second-order valence-corrected chi connectivity index (χ2v) is 7.93. The minimum atomic E-state index is 0.153. The molecule has 2 aromatic carbocycles. The number of hydrogen-bond donors (Lipinski definition) is 0. The molecule has 1 fully saturated rings. The Morgan fingerprint density at radius 3 is 2.30 bits per heavy atom. The van der Waals surface area contributed by atoms with Gasteiger partial charge in [0.2, 0.25) is 11.8 Å². The summed E-state index contributed by atoms with van der Waals surface area (Å²) in [5.41, 5.74) is 3.38. The summed E-state index contributed by atoms with van der Waals surface area (Å²) >= 11 is 0. The zero-order valence-corrected chi connectivity index (χ0v) is 17.7. The molecule has 0 aromatic heterocycles. The molecule has 0 atom stereocenters. The Kier molecular flexibility index (Phi) is 6.33. The van der Waals surface area contributed by atoms with Crippen LogP contribution in [0, 0.1) is 0 Å². The molecular weight excluding hydrogens is 376 g/mol. The number of anilines is 2. The summed E-state index contributed by atoms with van der Waals surface area (Å²) in [6, 6.07) is 18.2. The van der Waals surface area contributed by atoms with Crippen molar-refractivity contribution in [3.63, 3.8) is 0 Å². The van der Waals surface area contributed by atoms with Crippen LogP contribution in [0.2, 0.25) is 0 Å². The fourth-order valence-corrected chi connectivity index (χ4v) is 4.32. The van der Waals surface area contributed by atoms with Crippen LogP contribution in [-0.2, 0) is 16.0 Å². The molecule has 0 bridgehead atoms. The van der Waals surface area contributed by atoms with E-state index in [1.165, 1.54) is 5.56 Å². The van der Waals surface area contributed by atoms with Crippen LogP contribution in [0.5, 0.6) is 0 Å². The number of fused-ring (bicyclic) bond motifs is 1. The first-order chi connectivity index (χ1) is 14.7. The van der Waals surface area contributed by atoms with Crippen molar-refractivity contribution in [2.45, 2.75) is 13.3 Å². The van der Waals surface area contributed by atoms with Crippen molar-refractivity contribution >= 4 is 23.2 Å². The molecule has 4 rings (SSSR count).